The van der Waals surface area contributed by atoms with Crippen molar-refractivity contribution in [3.63, 3.8) is 0 Å². The van der Waals surface area contributed by atoms with E-state index in [-0.39, 0.29) is 0 Å². The fraction of sp³-hybridized carbons (Fsp3) is 0.500. The Labute approximate surface area is 64.3 Å². The van der Waals surface area contributed by atoms with Crippen molar-refractivity contribution in [3.05, 3.63) is 28.4 Å². The van der Waals surface area contributed by atoms with Gasteiger partial charge in [-0.1, -0.05) is 5.11 Å². The molecule has 58 valence electrons. The van der Waals surface area contributed by atoms with Crippen LogP contribution in [0.25, 0.3) is 10.4 Å². The molecule has 0 aliphatic heterocycles. The van der Waals surface area contributed by atoms with Crippen LogP contribution in [0.15, 0.2) is 17.4 Å². The monoisotopic (exact) mass is 151 g/mol. The molecule has 0 bridgehead atoms. The van der Waals surface area contributed by atoms with Crippen LogP contribution in [0.1, 0.15) is 5.69 Å². The minimum absolute atomic E-state index is 0.456. The van der Waals surface area contributed by atoms with Gasteiger partial charge in [-0.15, -0.1) is 0 Å². The maximum absolute atomic E-state index is 7.98. The summed E-state index contributed by atoms with van der Waals surface area (Å²) in [6.45, 7) is 3.03. The van der Waals surface area contributed by atoms with Gasteiger partial charge < -0.3 is 0 Å². The van der Waals surface area contributed by atoms with E-state index < -0.39 is 0 Å². The highest BCUT2D eigenvalue weighted by Gasteiger charge is 1.90. The van der Waals surface area contributed by atoms with Crippen LogP contribution in [-0.2, 0) is 6.54 Å². The zero-order valence-corrected chi connectivity index (χ0v) is 6.30. The molecule has 1 aromatic rings. The smallest absolute Gasteiger partial charge is 0.0593 e. The number of rotatable bonds is 3. The molecular formula is C6H9N5. The molecule has 0 unspecified atom stereocenters. The zero-order chi connectivity index (χ0) is 8.10. The van der Waals surface area contributed by atoms with Gasteiger partial charge in [0.2, 0.25) is 0 Å². The Morgan fingerprint density at radius 2 is 2.64 bits per heavy atom. The molecule has 1 heterocycles. The standard InChI is InChI=1S/C6H9N5/c1-6-2-4-11(9-6)5-3-8-10-7/h2,4H,3,5H2,1H3. The molecule has 11 heavy (non-hydrogen) atoms. The SMILES string of the molecule is Cc1ccn(CCN=[N+]=[N-])n1. The Hall–Kier alpha value is -1.48. The maximum atomic E-state index is 7.98. The van der Waals surface area contributed by atoms with Crippen molar-refractivity contribution in [3.8, 4) is 0 Å². The predicted molar refractivity (Wildman–Crippen MR) is 41.0 cm³/mol. The molecule has 0 spiro atoms. The highest BCUT2D eigenvalue weighted by atomic mass is 15.3. The summed E-state index contributed by atoms with van der Waals surface area (Å²) in [7, 11) is 0. The normalized spacial score (nSPS) is 9.18. The quantitative estimate of drug-likeness (QED) is 0.366. The molecule has 0 fully saturated rings. The number of azide groups is 1. The van der Waals surface area contributed by atoms with E-state index in [0.717, 1.165) is 5.69 Å². The number of hydrogen-bond acceptors (Lipinski definition) is 2. The molecule has 0 N–H and O–H groups in total. The van der Waals surface area contributed by atoms with Crippen molar-refractivity contribution >= 4 is 0 Å². The minimum atomic E-state index is 0.456. The fourth-order valence-electron chi connectivity index (χ4n) is 0.780. The molecule has 0 saturated heterocycles. The summed E-state index contributed by atoms with van der Waals surface area (Å²) in [5, 5.41) is 7.51. The number of hydrogen-bond donors (Lipinski definition) is 0. The topological polar surface area (TPSA) is 66.6 Å². The Morgan fingerprint density at radius 1 is 1.82 bits per heavy atom. The molecule has 0 amide bonds. The fourth-order valence-corrected chi connectivity index (χ4v) is 0.780. The van der Waals surface area contributed by atoms with Gasteiger partial charge in [0.05, 0.1) is 5.69 Å². The molecular weight excluding hydrogens is 142 g/mol. The van der Waals surface area contributed by atoms with Gasteiger partial charge in [0.1, 0.15) is 0 Å². The van der Waals surface area contributed by atoms with Gasteiger partial charge in [-0.2, -0.15) is 5.10 Å². The van der Waals surface area contributed by atoms with Crippen LogP contribution in [0.5, 0.6) is 0 Å². The van der Waals surface area contributed by atoms with Gasteiger partial charge in [0.15, 0.2) is 0 Å². The third-order valence-electron chi connectivity index (χ3n) is 1.27. The second-order valence-electron chi connectivity index (χ2n) is 2.17. The van der Waals surface area contributed by atoms with E-state index in [1.165, 1.54) is 0 Å². The Kier molecular flexibility index (Phi) is 2.52. The van der Waals surface area contributed by atoms with Gasteiger partial charge in [-0.3, -0.25) is 4.68 Å². The van der Waals surface area contributed by atoms with E-state index in [0.29, 0.717) is 13.1 Å². The van der Waals surface area contributed by atoms with Crippen LogP contribution in [-0.4, -0.2) is 16.3 Å². The predicted octanol–water partition coefficient (Wildman–Crippen LogP) is 1.50. The minimum Gasteiger partial charge on any atom is -0.272 e. The van der Waals surface area contributed by atoms with E-state index in [2.05, 4.69) is 15.1 Å². The van der Waals surface area contributed by atoms with Crippen molar-refractivity contribution in [2.24, 2.45) is 5.11 Å². The van der Waals surface area contributed by atoms with Crippen molar-refractivity contribution < 1.29 is 0 Å². The van der Waals surface area contributed by atoms with Crippen LogP contribution in [0.3, 0.4) is 0 Å². The van der Waals surface area contributed by atoms with Crippen LogP contribution in [0.4, 0.5) is 0 Å². The van der Waals surface area contributed by atoms with Gasteiger partial charge in [-0.25, -0.2) is 0 Å². The summed E-state index contributed by atoms with van der Waals surface area (Å²) in [6.07, 6.45) is 1.86. The molecule has 0 aliphatic rings. The Bertz CT molecular complexity index is 270. The zero-order valence-electron chi connectivity index (χ0n) is 6.30. The van der Waals surface area contributed by atoms with Crippen molar-refractivity contribution in [2.75, 3.05) is 6.54 Å². The molecule has 0 radical (unpaired) electrons. The van der Waals surface area contributed by atoms with Crippen LogP contribution < -0.4 is 0 Å². The average molecular weight is 151 g/mol. The Morgan fingerprint density at radius 3 is 3.18 bits per heavy atom. The van der Waals surface area contributed by atoms with E-state index in [1.807, 2.05) is 19.2 Å². The van der Waals surface area contributed by atoms with E-state index in [4.69, 9.17) is 5.53 Å². The first kappa shape index (κ1) is 7.63. The van der Waals surface area contributed by atoms with Crippen LogP contribution in [0, 0.1) is 6.92 Å². The lowest BCUT2D eigenvalue weighted by Gasteiger charge is -1.94. The van der Waals surface area contributed by atoms with Gasteiger partial charge in [0.25, 0.3) is 0 Å². The number of nitrogens with zero attached hydrogens (tertiary/aromatic N) is 5. The molecule has 1 aromatic heterocycles. The molecule has 0 saturated carbocycles. The van der Waals surface area contributed by atoms with Crippen molar-refractivity contribution in [1.29, 1.82) is 0 Å². The highest BCUT2D eigenvalue weighted by Crippen LogP contribution is 1.91. The molecule has 5 heteroatoms. The van der Waals surface area contributed by atoms with Gasteiger partial charge in [0, 0.05) is 24.2 Å². The van der Waals surface area contributed by atoms with Gasteiger partial charge in [-0.05, 0) is 18.5 Å². The summed E-state index contributed by atoms with van der Waals surface area (Å²) in [6, 6.07) is 1.91. The summed E-state index contributed by atoms with van der Waals surface area (Å²) in [5.74, 6) is 0. The number of aromatic nitrogens is 2. The second kappa shape index (κ2) is 3.63. The molecule has 1 rings (SSSR count). The molecule has 5 nitrogen and oxygen atoms in total. The lowest BCUT2D eigenvalue weighted by atomic mass is 10.5. The van der Waals surface area contributed by atoms with E-state index in [9.17, 15) is 0 Å². The molecule has 0 aromatic carbocycles. The van der Waals surface area contributed by atoms with Crippen LogP contribution in [0.2, 0.25) is 0 Å². The Balaban J connectivity index is 2.44. The molecule has 0 atom stereocenters. The van der Waals surface area contributed by atoms with E-state index in [1.54, 1.807) is 4.68 Å². The number of aryl methyl sites for hydroxylation is 1. The summed E-state index contributed by atoms with van der Waals surface area (Å²) in [5.41, 5.74) is 8.96. The second-order valence-corrected chi connectivity index (χ2v) is 2.17. The van der Waals surface area contributed by atoms with Crippen molar-refractivity contribution in [2.45, 2.75) is 13.5 Å². The van der Waals surface area contributed by atoms with Crippen LogP contribution >= 0.6 is 0 Å². The summed E-state index contributed by atoms with van der Waals surface area (Å²) < 4.78 is 1.75. The molecule has 0 aliphatic carbocycles. The average Bonchev–Trinajstić information content (AvgIpc) is 2.37. The summed E-state index contributed by atoms with van der Waals surface area (Å²) in [4.78, 5) is 2.64. The highest BCUT2D eigenvalue weighted by molar-refractivity contribution is 4.94. The van der Waals surface area contributed by atoms with Crippen molar-refractivity contribution in [1.82, 2.24) is 9.78 Å². The third-order valence-corrected chi connectivity index (χ3v) is 1.27. The third kappa shape index (κ3) is 2.31. The lowest BCUT2D eigenvalue weighted by molar-refractivity contribution is 0.619. The first-order valence-electron chi connectivity index (χ1n) is 3.34. The maximum Gasteiger partial charge on any atom is 0.0593 e. The summed E-state index contributed by atoms with van der Waals surface area (Å²) >= 11 is 0. The lowest BCUT2D eigenvalue weighted by Crippen LogP contribution is -2.00. The first-order valence-corrected chi connectivity index (χ1v) is 3.34. The first-order chi connectivity index (χ1) is 5.33. The van der Waals surface area contributed by atoms with Gasteiger partial charge >= 0.3 is 0 Å². The van der Waals surface area contributed by atoms with E-state index >= 15 is 0 Å². The largest absolute Gasteiger partial charge is 0.272 e.